The van der Waals surface area contributed by atoms with E-state index in [-0.39, 0.29) is 29.0 Å². The number of benzene rings is 1. The molecule has 5 heteroatoms. The fourth-order valence-electron chi connectivity index (χ4n) is 2.59. The number of likely N-dealkylation sites (tertiary alicyclic amines) is 1. The molecule has 2 rings (SSSR count). The minimum Gasteiger partial charge on any atom is -0.504 e. The van der Waals surface area contributed by atoms with Crippen molar-refractivity contribution in [3.8, 4) is 11.5 Å². The molecule has 1 saturated heterocycles. The molecule has 0 atom stereocenters. The highest BCUT2D eigenvalue weighted by Gasteiger charge is 2.22. The van der Waals surface area contributed by atoms with Crippen LogP contribution in [-0.4, -0.2) is 46.7 Å². The first-order valence-corrected chi connectivity index (χ1v) is 7.16. The van der Waals surface area contributed by atoms with Crippen molar-refractivity contribution in [3.63, 3.8) is 0 Å². The highest BCUT2D eigenvalue weighted by atomic mass is 16.3. The van der Waals surface area contributed by atoms with Crippen LogP contribution in [0.5, 0.6) is 11.5 Å². The normalized spacial score (nSPS) is 17.1. The van der Waals surface area contributed by atoms with E-state index in [1.54, 1.807) is 6.07 Å². The van der Waals surface area contributed by atoms with Crippen LogP contribution in [0.25, 0.3) is 0 Å². The van der Waals surface area contributed by atoms with Gasteiger partial charge in [-0.2, -0.15) is 0 Å². The van der Waals surface area contributed by atoms with E-state index < -0.39 is 0 Å². The molecule has 1 aliphatic heterocycles. The second-order valence-corrected chi connectivity index (χ2v) is 5.26. The molecule has 0 radical (unpaired) electrons. The average molecular weight is 278 g/mol. The maximum atomic E-state index is 12.1. The van der Waals surface area contributed by atoms with Crippen molar-refractivity contribution in [1.82, 2.24) is 10.2 Å². The van der Waals surface area contributed by atoms with Crippen molar-refractivity contribution in [2.75, 3.05) is 19.6 Å². The van der Waals surface area contributed by atoms with Gasteiger partial charge in [-0.1, -0.05) is 13.0 Å². The molecule has 110 valence electrons. The lowest BCUT2D eigenvalue weighted by Crippen LogP contribution is -2.44. The lowest BCUT2D eigenvalue weighted by Gasteiger charge is -2.32. The van der Waals surface area contributed by atoms with Gasteiger partial charge in [0.2, 0.25) is 0 Å². The highest BCUT2D eigenvalue weighted by molar-refractivity contribution is 5.97. The molecule has 1 aromatic carbocycles. The molecular weight excluding hydrogens is 256 g/mol. The van der Waals surface area contributed by atoms with Crippen LogP contribution in [0.2, 0.25) is 0 Å². The molecule has 0 aliphatic carbocycles. The van der Waals surface area contributed by atoms with Crippen LogP contribution in [0.3, 0.4) is 0 Å². The Morgan fingerprint density at radius 3 is 2.70 bits per heavy atom. The molecule has 3 N–H and O–H groups in total. The van der Waals surface area contributed by atoms with E-state index in [2.05, 4.69) is 17.1 Å². The van der Waals surface area contributed by atoms with E-state index in [1.807, 2.05) is 0 Å². The Labute approximate surface area is 119 Å². The minimum atomic E-state index is -0.353. The number of para-hydroxylation sites is 1. The number of aromatic hydroxyl groups is 2. The van der Waals surface area contributed by atoms with Gasteiger partial charge >= 0.3 is 0 Å². The predicted octanol–water partition coefficient (Wildman–Crippen LogP) is 1.70. The number of carbonyl (C=O) groups is 1. The summed E-state index contributed by atoms with van der Waals surface area (Å²) in [7, 11) is 0. The molecule has 5 nitrogen and oxygen atoms in total. The van der Waals surface area contributed by atoms with Crippen molar-refractivity contribution in [2.24, 2.45) is 0 Å². The number of carbonyl (C=O) groups excluding carboxylic acids is 1. The first kappa shape index (κ1) is 14.7. The zero-order valence-electron chi connectivity index (χ0n) is 11.8. The highest BCUT2D eigenvalue weighted by Crippen LogP contribution is 2.28. The number of piperidine rings is 1. The van der Waals surface area contributed by atoms with Gasteiger partial charge < -0.3 is 20.4 Å². The lowest BCUT2D eigenvalue weighted by atomic mass is 10.0. The van der Waals surface area contributed by atoms with Gasteiger partial charge in [-0.05, 0) is 37.9 Å². The predicted molar refractivity (Wildman–Crippen MR) is 77.0 cm³/mol. The van der Waals surface area contributed by atoms with Gasteiger partial charge in [0.15, 0.2) is 11.5 Å². The van der Waals surface area contributed by atoms with Gasteiger partial charge in [0.1, 0.15) is 0 Å². The molecule has 1 aromatic rings. The Balaban J connectivity index is 1.91. The third kappa shape index (κ3) is 3.42. The van der Waals surface area contributed by atoms with E-state index in [4.69, 9.17) is 0 Å². The second kappa shape index (κ2) is 6.61. The summed E-state index contributed by atoms with van der Waals surface area (Å²) in [4.78, 5) is 14.5. The number of amides is 1. The molecule has 0 bridgehead atoms. The van der Waals surface area contributed by atoms with Gasteiger partial charge in [0.05, 0.1) is 5.56 Å². The first-order chi connectivity index (χ1) is 9.61. The Morgan fingerprint density at radius 1 is 1.35 bits per heavy atom. The Hall–Kier alpha value is -1.75. The molecule has 1 heterocycles. The van der Waals surface area contributed by atoms with Gasteiger partial charge in [0, 0.05) is 19.1 Å². The number of phenols is 2. The maximum absolute atomic E-state index is 12.1. The summed E-state index contributed by atoms with van der Waals surface area (Å²) in [5, 5.41) is 22.0. The van der Waals surface area contributed by atoms with Crippen LogP contribution < -0.4 is 5.32 Å². The van der Waals surface area contributed by atoms with Crippen LogP contribution in [0.1, 0.15) is 36.5 Å². The Bertz CT molecular complexity index is 468. The summed E-state index contributed by atoms with van der Waals surface area (Å²) in [5.41, 5.74) is 0.126. The molecule has 0 unspecified atom stereocenters. The van der Waals surface area contributed by atoms with Crippen molar-refractivity contribution >= 4 is 5.91 Å². The van der Waals surface area contributed by atoms with Crippen LogP contribution in [0.15, 0.2) is 18.2 Å². The zero-order chi connectivity index (χ0) is 14.5. The van der Waals surface area contributed by atoms with Gasteiger partial charge in [-0.25, -0.2) is 0 Å². The molecule has 20 heavy (non-hydrogen) atoms. The summed E-state index contributed by atoms with van der Waals surface area (Å²) < 4.78 is 0. The van der Waals surface area contributed by atoms with Gasteiger partial charge in [-0.3, -0.25) is 4.79 Å². The summed E-state index contributed by atoms with van der Waals surface area (Å²) in [6.45, 7) is 5.25. The maximum Gasteiger partial charge on any atom is 0.255 e. The van der Waals surface area contributed by atoms with E-state index >= 15 is 0 Å². The monoisotopic (exact) mass is 278 g/mol. The number of hydrogen-bond donors (Lipinski definition) is 3. The van der Waals surface area contributed by atoms with Crippen LogP contribution in [0.4, 0.5) is 0 Å². The van der Waals surface area contributed by atoms with E-state index in [1.165, 1.54) is 12.1 Å². The number of rotatable bonds is 4. The number of nitrogens with one attached hydrogen (secondary N) is 1. The zero-order valence-corrected chi connectivity index (χ0v) is 11.8. The molecule has 1 amide bonds. The van der Waals surface area contributed by atoms with E-state index in [0.717, 1.165) is 38.9 Å². The molecule has 0 saturated carbocycles. The largest absolute Gasteiger partial charge is 0.504 e. The molecule has 0 spiro atoms. The van der Waals surface area contributed by atoms with Crippen molar-refractivity contribution in [3.05, 3.63) is 23.8 Å². The molecule has 1 aliphatic rings. The number of phenolic OH excluding ortho intramolecular Hbond substituents is 2. The summed E-state index contributed by atoms with van der Waals surface area (Å²) >= 11 is 0. The van der Waals surface area contributed by atoms with Crippen molar-refractivity contribution < 1.29 is 15.0 Å². The second-order valence-electron chi connectivity index (χ2n) is 5.26. The standard InChI is InChI=1S/C15H22N2O3/c1-2-8-17-9-6-11(7-10-17)16-15(20)12-4-3-5-13(18)14(12)19/h3-5,11,18-19H,2,6-10H2,1H3,(H,16,20). The SMILES string of the molecule is CCCN1CCC(NC(=O)c2cccc(O)c2O)CC1. The van der Waals surface area contributed by atoms with Crippen molar-refractivity contribution in [1.29, 1.82) is 0 Å². The molecular formula is C15H22N2O3. The minimum absolute atomic E-state index is 0.126. The lowest BCUT2D eigenvalue weighted by molar-refractivity contribution is 0.0908. The van der Waals surface area contributed by atoms with Crippen LogP contribution in [0, 0.1) is 0 Å². The quantitative estimate of drug-likeness (QED) is 0.733. The van der Waals surface area contributed by atoms with Crippen molar-refractivity contribution in [2.45, 2.75) is 32.2 Å². The average Bonchev–Trinajstić information content (AvgIpc) is 2.44. The topological polar surface area (TPSA) is 72.8 Å². The first-order valence-electron chi connectivity index (χ1n) is 7.16. The summed E-state index contributed by atoms with van der Waals surface area (Å²) in [6, 6.07) is 4.55. The summed E-state index contributed by atoms with van der Waals surface area (Å²) in [6.07, 6.45) is 2.99. The van der Waals surface area contributed by atoms with Gasteiger partial charge in [-0.15, -0.1) is 0 Å². The molecule has 1 fully saturated rings. The van der Waals surface area contributed by atoms with Crippen LogP contribution >= 0.6 is 0 Å². The Morgan fingerprint density at radius 2 is 2.05 bits per heavy atom. The summed E-state index contributed by atoms with van der Waals surface area (Å²) in [5.74, 6) is -0.948. The third-order valence-corrected chi connectivity index (χ3v) is 3.72. The Kier molecular flexibility index (Phi) is 4.84. The fraction of sp³-hybridized carbons (Fsp3) is 0.533. The number of nitrogens with zero attached hydrogens (tertiary/aromatic N) is 1. The van der Waals surface area contributed by atoms with E-state index in [9.17, 15) is 15.0 Å². The smallest absolute Gasteiger partial charge is 0.255 e. The van der Waals surface area contributed by atoms with Crippen LogP contribution in [-0.2, 0) is 0 Å². The van der Waals surface area contributed by atoms with E-state index in [0.29, 0.717) is 0 Å². The van der Waals surface area contributed by atoms with Gasteiger partial charge in [0.25, 0.3) is 5.91 Å². The number of hydrogen-bond acceptors (Lipinski definition) is 4. The molecule has 0 aromatic heterocycles. The third-order valence-electron chi connectivity index (χ3n) is 3.72. The fourth-order valence-corrected chi connectivity index (χ4v) is 2.59.